The van der Waals surface area contributed by atoms with Crippen molar-refractivity contribution in [2.24, 2.45) is 0 Å². The van der Waals surface area contributed by atoms with Crippen LogP contribution in [0, 0.1) is 0 Å². The first-order chi connectivity index (χ1) is 12.6. The Morgan fingerprint density at radius 3 is 2.38 bits per heavy atom. The lowest BCUT2D eigenvalue weighted by Crippen LogP contribution is -2.28. The number of nitrogens with zero attached hydrogens (tertiary/aromatic N) is 1. The number of amides is 1. The zero-order valence-electron chi connectivity index (χ0n) is 14.0. The van der Waals surface area contributed by atoms with Gasteiger partial charge in [-0.1, -0.05) is 70.0 Å². The number of carbonyl (C=O) groups excluding carboxylic acids is 1. The number of benzene rings is 3. The zero-order chi connectivity index (χ0) is 18.1. The molecule has 0 bridgehead atoms. The van der Waals surface area contributed by atoms with Gasteiger partial charge in [-0.25, -0.2) is 0 Å². The fourth-order valence-corrected chi connectivity index (χ4v) is 3.92. The van der Waals surface area contributed by atoms with E-state index in [1.165, 1.54) is 0 Å². The van der Waals surface area contributed by atoms with Gasteiger partial charge >= 0.3 is 0 Å². The summed E-state index contributed by atoms with van der Waals surface area (Å²) in [6, 6.07) is 24.0. The minimum absolute atomic E-state index is 0.133. The zero-order valence-corrected chi connectivity index (χ0v) is 16.4. The molecule has 1 unspecified atom stereocenters. The third kappa shape index (κ3) is 3.42. The fraction of sp³-hybridized carbons (Fsp3) is 0.136. The molecule has 0 fully saturated rings. The summed E-state index contributed by atoms with van der Waals surface area (Å²) >= 11 is 9.69. The van der Waals surface area contributed by atoms with Gasteiger partial charge in [-0.15, -0.1) is 0 Å². The minimum atomic E-state index is -0.200. The van der Waals surface area contributed by atoms with E-state index in [4.69, 9.17) is 11.6 Å². The van der Waals surface area contributed by atoms with E-state index in [2.05, 4.69) is 28.1 Å². The van der Waals surface area contributed by atoms with Crippen molar-refractivity contribution in [2.75, 3.05) is 4.90 Å². The molecule has 3 aromatic rings. The molecule has 1 aliphatic rings. The monoisotopic (exact) mass is 425 g/mol. The van der Waals surface area contributed by atoms with E-state index >= 15 is 0 Å². The molecule has 1 amide bonds. The van der Waals surface area contributed by atoms with Crippen molar-refractivity contribution in [1.29, 1.82) is 0 Å². The predicted molar refractivity (Wildman–Crippen MR) is 110 cm³/mol. The molecule has 1 aliphatic heterocycles. The summed E-state index contributed by atoms with van der Waals surface area (Å²) in [6.45, 7) is 0.575. The molecule has 4 rings (SSSR count). The lowest BCUT2D eigenvalue weighted by atomic mass is 9.93. The van der Waals surface area contributed by atoms with Crippen LogP contribution in [0.4, 0.5) is 5.69 Å². The van der Waals surface area contributed by atoms with Gasteiger partial charge in [0.05, 0.1) is 12.5 Å². The molecule has 0 saturated carbocycles. The van der Waals surface area contributed by atoms with Crippen LogP contribution < -0.4 is 4.90 Å². The highest BCUT2D eigenvalue weighted by atomic mass is 79.9. The molecule has 0 aromatic heterocycles. The molecule has 26 heavy (non-hydrogen) atoms. The number of hydrogen-bond donors (Lipinski definition) is 0. The average Bonchev–Trinajstić information content (AvgIpc) is 2.89. The number of hydrogen-bond acceptors (Lipinski definition) is 1. The first-order valence-corrected chi connectivity index (χ1v) is 9.68. The summed E-state index contributed by atoms with van der Waals surface area (Å²) in [4.78, 5) is 15.1. The van der Waals surface area contributed by atoms with Crippen molar-refractivity contribution < 1.29 is 4.79 Å². The molecule has 0 radical (unpaired) electrons. The summed E-state index contributed by atoms with van der Waals surface area (Å²) in [6.07, 6.45) is 0.671. The maximum absolute atomic E-state index is 13.2. The van der Waals surface area contributed by atoms with Gasteiger partial charge in [0.25, 0.3) is 0 Å². The fourth-order valence-electron chi connectivity index (χ4n) is 3.47. The van der Waals surface area contributed by atoms with E-state index in [0.717, 1.165) is 26.9 Å². The maximum Gasteiger partial charge on any atom is 0.235 e. The first kappa shape index (κ1) is 17.3. The second kappa shape index (κ2) is 7.26. The third-order valence-corrected chi connectivity index (χ3v) is 5.52. The lowest BCUT2D eigenvalue weighted by molar-refractivity contribution is -0.119. The number of anilines is 1. The van der Waals surface area contributed by atoms with Crippen LogP contribution in [0.5, 0.6) is 0 Å². The topological polar surface area (TPSA) is 20.3 Å². The molecule has 1 atom stereocenters. The Bertz CT molecular complexity index is 940. The number of fused-ring (bicyclic) bond motifs is 1. The van der Waals surface area contributed by atoms with Crippen molar-refractivity contribution in [3.63, 3.8) is 0 Å². The second-order valence-electron chi connectivity index (χ2n) is 6.50. The van der Waals surface area contributed by atoms with Gasteiger partial charge in [0.2, 0.25) is 5.91 Å². The lowest BCUT2D eigenvalue weighted by Gasteiger charge is -2.18. The van der Waals surface area contributed by atoms with Gasteiger partial charge in [-0.05, 0) is 53.4 Å². The Morgan fingerprint density at radius 2 is 1.65 bits per heavy atom. The van der Waals surface area contributed by atoms with E-state index in [9.17, 15) is 4.79 Å². The van der Waals surface area contributed by atoms with Gasteiger partial charge in [-0.2, -0.15) is 0 Å². The van der Waals surface area contributed by atoms with Gasteiger partial charge in [0.1, 0.15) is 0 Å². The molecule has 3 aromatic carbocycles. The summed E-state index contributed by atoms with van der Waals surface area (Å²) < 4.78 is 1.04. The van der Waals surface area contributed by atoms with Crippen LogP contribution in [0.15, 0.2) is 77.3 Å². The summed E-state index contributed by atoms with van der Waals surface area (Å²) in [7, 11) is 0. The summed E-state index contributed by atoms with van der Waals surface area (Å²) in [5, 5.41) is 0.666. The largest absolute Gasteiger partial charge is 0.307 e. The van der Waals surface area contributed by atoms with E-state index in [1.54, 1.807) is 0 Å². The van der Waals surface area contributed by atoms with E-state index < -0.39 is 0 Å². The van der Waals surface area contributed by atoms with Crippen molar-refractivity contribution in [2.45, 2.75) is 18.9 Å². The van der Waals surface area contributed by atoms with Crippen molar-refractivity contribution >= 4 is 39.1 Å². The van der Waals surface area contributed by atoms with Gasteiger partial charge in [-0.3, -0.25) is 4.79 Å². The Morgan fingerprint density at radius 1 is 0.923 bits per heavy atom. The van der Waals surface area contributed by atoms with Crippen LogP contribution in [0.3, 0.4) is 0 Å². The highest BCUT2D eigenvalue weighted by Crippen LogP contribution is 2.41. The second-order valence-corrected chi connectivity index (χ2v) is 7.85. The van der Waals surface area contributed by atoms with E-state index in [0.29, 0.717) is 18.0 Å². The molecular formula is C22H17BrClNO. The SMILES string of the molecule is O=C1C(Cc2ccc(Br)cc2)c2cc(Cl)ccc2N1Cc1ccccc1. The van der Waals surface area contributed by atoms with Crippen LogP contribution in [0.2, 0.25) is 5.02 Å². The van der Waals surface area contributed by atoms with Crippen molar-refractivity contribution in [3.05, 3.63) is 99.0 Å². The first-order valence-electron chi connectivity index (χ1n) is 8.51. The van der Waals surface area contributed by atoms with Crippen LogP contribution in [-0.4, -0.2) is 5.91 Å². The van der Waals surface area contributed by atoms with Crippen LogP contribution in [0.1, 0.15) is 22.6 Å². The smallest absolute Gasteiger partial charge is 0.235 e. The summed E-state index contributed by atoms with van der Waals surface area (Å²) in [5.74, 6) is -0.0670. The van der Waals surface area contributed by atoms with E-state index in [-0.39, 0.29) is 11.8 Å². The number of rotatable bonds is 4. The molecule has 130 valence electrons. The molecular weight excluding hydrogens is 410 g/mol. The van der Waals surface area contributed by atoms with Crippen LogP contribution in [0.25, 0.3) is 0 Å². The predicted octanol–water partition coefficient (Wildman–Crippen LogP) is 5.98. The van der Waals surface area contributed by atoms with E-state index in [1.807, 2.05) is 65.6 Å². The Kier molecular flexibility index (Phi) is 4.84. The molecule has 0 aliphatic carbocycles. The molecule has 1 heterocycles. The normalized spacial score (nSPS) is 16.0. The molecule has 0 saturated heterocycles. The Labute approximate surface area is 166 Å². The van der Waals surface area contributed by atoms with Gasteiger partial charge < -0.3 is 4.90 Å². The van der Waals surface area contributed by atoms with Crippen molar-refractivity contribution in [3.8, 4) is 0 Å². The highest BCUT2D eigenvalue weighted by molar-refractivity contribution is 9.10. The molecule has 0 N–H and O–H groups in total. The molecule has 0 spiro atoms. The maximum atomic E-state index is 13.2. The quantitative estimate of drug-likeness (QED) is 0.503. The standard InChI is InChI=1S/C22H17BrClNO/c23-17-8-6-15(7-9-17)12-20-19-13-18(24)10-11-21(19)25(22(20)26)14-16-4-2-1-3-5-16/h1-11,13,20H,12,14H2. The molecule has 2 nitrogen and oxygen atoms in total. The Balaban J connectivity index is 1.68. The van der Waals surface area contributed by atoms with Gasteiger partial charge in [0.15, 0.2) is 0 Å². The highest BCUT2D eigenvalue weighted by Gasteiger charge is 2.37. The Hall–Kier alpha value is -2.10. The number of halogens is 2. The van der Waals surface area contributed by atoms with Gasteiger partial charge in [0, 0.05) is 15.2 Å². The average molecular weight is 427 g/mol. The minimum Gasteiger partial charge on any atom is -0.307 e. The van der Waals surface area contributed by atoms with Crippen LogP contribution >= 0.6 is 27.5 Å². The van der Waals surface area contributed by atoms with Crippen molar-refractivity contribution in [1.82, 2.24) is 0 Å². The summed E-state index contributed by atoms with van der Waals surface area (Å²) in [5.41, 5.74) is 4.23. The van der Waals surface area contributed by atoms with Crippen LogP contribution in [-0.2, 0) is 17.8 Å². The molecule has 4 heteroatoms. The third-order valence-electron chi connectivity index (χ3n) is 4.76. The number of carbonyl (C=O) groups is 1.